The van der Waals surface area contributed by atoms with E-state index in [9.17, 15) is 4.79 Å². The van der Waals surface area contributed by atoms with Gasteiger partial charge in [-0.2, -0.15) is 16.9 Å². The first-order valence-electron chi connectivity index (χ1n) is 8.85. The van der Waals surface area contributed by atoms with Gasteiger partial charge in [-0.15, -0.1) is 0 Å². The average molecular weight is 378 g/mol. The number of halogens is 1. The normalized spacial score (nSPS) is 18.2. The van der Waals surface area contributed by atoms with Crippen LogP contribution in [0.2, 0.25) is 5.02 Å². The summed E-state index contributed by atoms with van der Waals surface area (Å²) in [6.45, 7) is 4.50. The molecule has 4 nitrogen and oxygen atoms in total. The number of thioether (sulfide) groups is 1. The molecule has 0 amide bonds. The van der Waals surface area contributed by atoms with Gasteiger partial charge >= 0.3 is 0 Å². The summed E-state index contributed by atoms with van der Waals surface area (Å²) in [5.74, 6) is 1.11. The van der Waals surface area contributed by atoms with Gasteiger partial charge in [-0.3, -0.25) is 4.79 Å². The molecule has 1 atom stereocenters. The van der Waals surface area contributed by atoms with Gasteiger partial charge in [-0.25, -0.2) is 4.68 Å². The van der Waals surface area contributed by atoms with Gasteiger partial charge in [0.1, 0.15) is 5.02 Å². The zero-order chi connectivity index (χ0) is 17.6. The summed E-state index contributed by atoms with van der Waals surface area (Å²) in [6.07, 6.45) is 5.34. The van der Waals surface area contributed by atoms with Crippen LogP contribution >= 0.6 is 23.4 Å². The predicted octanol–water partition coefficient (Wildman–Crippen LogP) is 4.06. The third-order valence-electron chi connectivity index (χ3n) is 4.51. The highest BCUT2D eigenvalue weighted by molar-refractivity contribution is 7.99. The number of hydrogen-bond acceptors (Lipinski definition) is 4. The molecule has 0 aliphatic carbocycles. The molecule has 0 bridgehead atoms. The second kappa shape index (κ2) is 8.77. The van der Waals surface area contributed by atoms with Gasteiger partial charge in [0, 0.05) is 18.3 Å². The quantitative estimate of drug-likeness (QED) is 0.787. The second-order valence-corrected chi connectivity index (χ2v) is 8.27. The van der Waals surface area contributed by atoms with Gasteiger partial charge in [-0.1, -0.05) is 55.3 Å². The number of rotatable bonds is 5. The molecule has 0 spiro atoms. The molecule has 0 saturated carbocycles. The van der Waals surface area contributed by atoms with Crippen LogP contribution in [0.25, 0.3) is 0 Å². The van der Waals surface area contributed by atoms with Crippen molar-refractivity contribution in [2.45, 2.75) is 38.0 Å². The summed E-state index contributed by atoms with van der Waals surface area (Å²) in [7, 11) is 0. The summed E-state index contributed by atoms with van der Waals surface area (Å²) in [4.78, 5) is 14.9. The lowest BCUT2D eigenvalue weighted by atomic mass is 10.2. The Labute approximate surface area is 158 Å². The summed E-state index contributed by atoms with van der Waals surface area (Å²) >= 11 is 8.44. The van der Waals surface area contributed by atoms with Gasteiger partial charge in [-0.05, 0) is 24.2 Å². The van der Waals surface area contributed by atoms with E-state index in [4.69, 9.17) is 11.6 Å². The molecular formula is C19H24ClN3OS. The van der Waals surface area contributed by atoms with E-state index in [1.807, 2.05) is 42.1 Å². The minimum atomic E-state index is -0.216. The molecule has 1 aromatic carbocycles. The lowest BCUT2D eigenvalue weighted by molar-refractivity contribution is 0.635. The zero-order valence-corrected chi connectivity index (χ0v) is 16.1. The number of anilines is 1. The summed E-state index contributed by atoms with van der Waals surface area (Å²) in [6, 6.07) is 9.84. The Morgan fingerprint density at radius 1 is 1.28 bits per heavy atom. The van der Waals surface area contributed by atoms with Crippen molar-refractivity contribution in [3.8, 4) is 0 Å². The smallest absolute Gasteiger partial charge is 0.287 e. The summed E-state index contributed by atoms with van der Waals surface area (Å²) < 4.78 is 1.44. The Kier molecular flexibility index (Phi) is 6.43. The van der Waals surface area contributed by atoms with E-state index in [-0.39, 0.29) is 10.6 Å². The van der Waals surface area contributed by atoms with E-state index < -0.39 is 0 Å². The molecule has 1 aliphatic heterocycles. The third-order valence-corrected chi connectivity index (χ3v) is 6.06. The molecule has 0 N–H and O–H groups in total. The number of benzene rings is 1. The highest BCUT2D eigenvalue weighted by Crippen LogP contribution is 2.28. The van der Waals surface area contributed by atoms with Crippen LogP contribution in [0.4, 0.5) is 5.69 Å². The SMILES string of the molecule is CCSC1CCCCN(c2cnn(Cc3ccccc3)c(=O)c2Cl)C1. The van der Waals surface area contributed by atoms with Crippen LogP contribution in [0.3, 0.4) is 0 Å². The molecule has 1 aromatic heterocycles. The van der Waals surface area contributed by atoms with Crippen LogP contribution in [-0.4, -0.2) is 33.9 Å². The van der Waals surface area contributed by atoms with E-state index in [0.717, 1.165) is 36.5 Å². The van der Waals surface area contributed by atoms with Gasteiger partial charge in [0.05, 0.1) is 18.4 Å². The summed E-state index contributed by atoms with van der Waals surface area (Å²) in [5.41, 5.74) is 1.60. The van der Waals surface area contributed by atoms with Crippen molar-refractivity contribution in [1.29, 1.82) is 0 Å². The van der Waals surface area contributed by atoms with Crippen molar-refractivity contribution < 1.29 is 0 Å². The predicted molar refractivity (Wildman–Crippen MR) is 107 cm³/mol. The molecule has 1 unspecified atom stereocenters. The van der Waals surface area contributed by atoms with Gasteiger partial charge in [0.2, 0.25) is 0 Å². The number of hydrogen-bond donors (Lipinski definition) is 0. The van der Waals surface area contributed by atoms with Crippen LogP contribution in [0, 0.1) is 0 Å². The van der Waals surface area contributed by atoms with Crippen molar-refractivity contribution in [2.24, 2.45) is 0 Å². The number of nitrogens with zero attached hydrogens (tertiary/aromatic N) is 3. The Morgan fingerprint density at radius 3 is 2.84 bits per heavy atom. The fourth-order valence-corrected chi connectivity index (χ4v) is 4.60. The molecule has 1 aliphatic rings. The van der Waals surface area contributed by atoms with Crippen molar-refractivity contribution in [3.05, 3.63) is 57.5 Å². The maximum Gasteiger partial charge on any atom is 0.287 e. The highest BCUT2D eigenvalue weighted by Gasteiger charge is 2.22. The largest absolute Gasteiger partial charge is 0.368 e. The van der Waals surface area contributed by atoms with E-state index in [0.29, 0.717) is 11.8 Å². The first-order valence-corrected chi connectivity index (χ1v) is 10.3. The van der Waals surface area contributed by atoms with Crippen LogP contribution in [0.5, 0.6) is 0 Å². The molecule has 2 aromatic rings. The molecular weight excluding hydrogens is 354 g/mol. The van der Waals surface area contributed by atoms with Gasteiger partial charge in [0.25, 0.3) is 5.56 Å². The monoisotopic (exact) mass is 377 g/mol. The van der Waals surface area contributed by atoms with Gasteiger partial charge in [0.15, 0.2) is 0 Å². The Balaban J connectivity index is 1.83. The molecule has 3 rings (SSSR count). The lowest BCUT2D eigenvalue weighted by Crippen LogP contribution is -2.33. The maximum atomic E-state index is 12.7. The van der Waals surface area contributed by atoms with Crippen LogP contribution in [0.15, 0.2) is 41.3 Å². The van der Waals surface area contributed by atoms with Crippen molar-refractivity contribution in [3.63, 3.8) is 0 Å². The zero-order valence-electron chi connectivity index (χ0n) is 14.5. The van der Waals surface area contributed by atoms with Gasteiger partial charge < -0.3 is 4.90 Å². The van der Waals surface area contributed by atoms with E-state index in [1.165, 1.54) is 17.5 Å². The Hall–Kier alpha value is -1.46. The molecule has 25 heavy (non-hydrogen) atoms. The first-order chi connectivity index (χ1) is 12.2. The molecule has 134 valence electrons. The minimum absolute atomic E-state index is 0.216. The second-order valence-electron chi connectivity index (χ2n) is 6.31. The van der Waals surface area contributed by atoms with E-state index in [1.54, 1.807) is 6.20 Å². The van der Waals surface area contributed by atoms with E-state index in [2.05, 4.69) is 16.9 Å². The fraction of sp³-hybridized carbons (Fsp3) is 0.474. The van der Waals surface area contributed by atoms with Crippen LogP contribution in [0.1, 0.15) is 31.7 Å². The summed E-state index contributed by atoms with van der Waals surface area (Å²) in [5, 5.41) is 5.26. The molecule has 1 saturated heterocycles. The van der Waals surface area contributed by atoms with E-state index >= 15 is 0 Å². The fourth-order valence-electron chi connectivity index (χ4n) is 3.24. The topological polar surface area (TPSA) is 38.1 Å². The van der Waals surface area contributed by atoms with Crippen LogP contribution in [-0.2, 0) is 6.54 Å². The van der Waals surface area contributed by atoms with Crippen molar-refractivity contribution >= 4 is 29.1 Å². The molecule has 2 heterocycles. The Bertz CT molecular complexity index is 750. The standard InChI is InChI=1S/C19H24ClN3OS/c1-2-25-16-10-6-7-11-22(14-16)17-12-21-23(19(24)18(17)20)13-15-8-4-3-5-9-15/h3-5,8-9,12,16H,2,6-7,10-11,13-14H2,1H3. The number of aromatic nitrogens is 2. The molecule has 6 heteroatoms. The first kappa shape index (κ1) is 18.3. The maximum absolute atomic E-state index is 12.7. The van der Waals surface area contributed by atoms with Crippen LogP contribution < -0.4 is 10.5 Å². The lowest BCUT2D eigenvalue weighted by Gasteiger charge is -2.26. The minimum Gasteiger partial charge on any atom is -0.368 e. The highest BCUT2D eigenvalue weighted by atomic mass is 35.5. The molecule has 1 fully saturated rings. The Morgan fingerprint density at radius 2 is 2.08 bits per heavy atom. The average Bonchev–Trinajstić information content (AvgIpc) is 2.86. The van der Waals surface area contributed by atoms with Crippen molar-refractivity contribution in [2.75, 3.05) is 23.7 Å². The van der Waals surface area contributed by atoms with Crippen molar-refractivity contribution in [1.82, 2.24) is 9.78 Å². The third kappa shape index (κ3) is 4.59. The molecule has 0 radical (unpaired) electrons.